The van der Waals surface area contributed by atoms with Gasteiger partial charge < -0.3 is 9.80 Å². The highest BCUT2D eigenvalue weighted by Crippen LogP contribution is 2.01. The van der Waals surface area contributed by atoms with E-state index in [1.165, 1.54) is 22.0 Å². The molecule has 0 bridgehead atoms. The van der Waals surface area contributed by atoms with Gasteiger partial charge in [0.25, 0.3) is 5.91 Å². The van der Waals surface area contributed by atoms with Crippen molar-refractivity contribution < 1.29 is 24.0 Å². The largest absolute Gasteiger partial charge is 0.340 e. The van der Waals surface area contributed by atoms with Gasteiger partial charge in [0.1, 0.15) is 6.29 Å². The molecule has 0 saturated carbocycles. The molecule has 0 atom stereocenters. The fourth-order valence-electron chi connectivity index (χ4n) is 2.04. The lowest BCUT2D eigenvalue weighted by atomic mass is 10.3. The summed E-state index contributed by atoms with van der Waals surface area (Å²) in [4.78, 5) is 61.0. The normalized spacial score (nSPS) is 10.7. The fourth-order valence-corrected chi connectivity index (χ4v) is 2.04. The van der Waals surface area contributed by atoms with E-state index in [0.717, 1.165) is 17.1 Å². The van der Waals surface area contributed by atoms with Gasteiger partial charge in [-0.1, -0.05) is 13.0 Å². The zero-order valence-electron chi connectivity index (χ0n) is 15.6. The van der Waals surface area contributed by atoms with Crippen LogP contribution in [0.2, 0.25) is 0 Å². The van der Waals surface area contributed by atoms with Crippen molar-refractivity contribution in [1.82, 2.24) is 14.7 Å². The Kier molecular flexibility index (Phi) is 12.1. The Hall–Kier alpha value is -2.77. The van der Waals surface area contributed by atoms with Gasteiger partial charge >= 0.3 is 0 Å². The van der Waals surface area contributed by atoms with E-state index in [9.17, 15) is 24.0 Å². The highest BCUT2D eigenvalue weighted by Gasteiger charge is 2.17. The third kappa shape index (κ3) is 8.91. The summed E-state index contributed by atoms with van der Waals surface area (Å²) < 4.78 is 0. The van der Waals surface area contributed by atoms with Crippen molar-refractivity contribution in [3.8, 4) is 0 Å². The van der Waals surface area contributed by atoms with Crippen molar-refractivity contribution in [2.24, 2.45) is 0 Å². The molecule has 0 aromatic rings. The summed E-state index contributed by atoms with van der Waals surface area (Å²) in [6.45, 7) is 4.34. The van der Waals surface area contributed by atoms with E-state index in [1.807, 2.05) is 6.92 Å². The van der Waals surface area contributed by atoms with Gasteiger partial charge in [-0.2, -0.15) is 0 Å². The SMILES string of the molecule is C/C=C\C(=O)N(C=O)CCN(CCN(C)C(=O)/C=C\C=O)C(=O)CCC. The van der Waals surface area contributed by atoms with E-state index in [0.29, 0.717) is 25.5 Å². The Morgan fingerprint density at radius 2 is 1.58 bits per heavy atom. The molecule has 0 fully saturated rings. The number of amides is 4. The van der Waals surface area contributed by atoms with Crippen molar-refractivity contribution >= 4 is 30.4 Å². The topological polar surface area (TPSA) is 95.1 Å². The maximum atomic E-state index is 12.3. The van der Waals surface area contributed by atoms with Crippen molar-refractivity contribution in [3.63, 3.8) is 0 Å². The van der Waals surface area contributed by atoms with Gasteiger partial charge in [-0.3, -0.25) is 28.9 Å². The van der Waals surface area contributed by atoms with Crippen LogP contribution in [0.3, 0.4) is 0 Å². The Morgan fingerprint density at radius 3 is 2.12 bits per heavy atom. The molecule has 144 valence electrons. The van der Waals surface area contributed by atoms with Crippen molar-refractivity contribution in [3.05, 3.63) is 24.3 Å². The average Bonchev–Trinajstić information content (AvgIpc) is 2.62. The van der Waals surface area contributed by atoms with Crippen LogP contribution < -0.4 is 0 Å². The molecule has 4 amide bonds. The summed E-state index contributed by atoms with van der Waals surface area (Å²) in [5.74, 6) is -0.907. The third-order valence-corrected chi connectivity index (χ3v) is 3.55. The first-order valence-electron chi connectivity index (χ1n) is 8.44. The van der Waals surface area contributed by atoms with Gasteiger partial charge in [-0.15, -0.1) is 0 Å². The first-order chi connectivity index (χ1) is 12.4. The number of hydrogen-bond acceptors (Lipinski definition) is 5. The molecule has 0 rings (SSSR count). The predicted molar refractivity (Wildman–Crippen MR) is 96.9 cm³/mol. The van der Waals surface area contributed by atoms with Crippen LogP contribution >= 0.6 is 0 Å². The van der Waals surface area contributed by atoms with Crippen molar-refractivity contribution in [1.29, 1.82) is 0 Å². The second kappa shape index (κ2) is 13.5. The molecule has 8 nitrogen and oxygen atoms in total. The zero-order valence-corrected chi connectivity index (χ0v) is 15.6. The van der Waals surface area contributed by atoms with Gasteiger partial charge in [0.15, 0.2) is 0 Å². The predicted octanol–water partition coefficient (Wildman–Crippen LogP) is 0.390. The minimum atomic E-state index is -0.448. The quantitative estimate of drug-likeness (QED) is 0.368. The minimum Gasteiger partial charge on any atom is -0.340 e. The van der Waals surface area contributed by atoms with Crippen LogP contribution in [0.1, 0.15) is 26.7 Å². The summed E-state index contributed by atoms with van der Waals surface area (Å²) in [5.41, 5.74) is 0. The number of imide groups is 1. The van der Waals surface area contributed by atoms with Crippen LogP contribution in [-0.2, 0) is 24.0 Å². The van der Waals surface area contributed by atoms with Crippen LogP contribution in [0.15, 0.2) is 24.3 Å². The van der Waals surface area contributed by atoms with E-state index in [4.69, 9.17) is 0 Å². The van der Waals surface area contributed by atoms with Crippen molar-refractivity contribution in [2.45, 2.75) is 26.7 Å². The fraction of sp³-hybridized carbons (Fsp3) is 0.500. The number of hydrogen-bond donors (Lipinski definition) is 0. The molecule has 0 aromatic heterocycles. The monoisotopic (exact) mass is 365 g/mol. The molecule has 0 radical (unpaired) electrons. The van der Waals surface area contributed by atoms with Crippen LogP contribution in [-0.4, -0.2) is 78.3 Å². The van der Waals surface area contributed by atoms with E-state index >= 15 is 0 Å². The molecule has 0 aliphatic rings. The van der Waals surface area contributed by atoms with Crippen LogP contribution in [0.25, 0.3) is 0 Å². The van der Waals surface area contributed by atoms with E-state index in [-0.39, 0.29) is 38.0 Å². The molecule has 26 heavy (non-hydrogen) atoms. The molecule has 0 unspecified atom stereocenters. The third-order valence-electron chi connectivity index (χ3n) is 3.55. The Balaban J connectivity index is 4.85. The molecular weight excluding hydrogens is 338 g/mol. The van der Waals surface area contributed by atoms with Gasteiger partial charge in [0.2, 0.25) is 18.2 Å². The van der Waals surface area contributed by atoms with E-state index in [2.05, 4.69) is 0 Å². The zero-order chi connectivity index (χ0) is 19.9. The van der Waals surface area contributed by atoms with Crippen LogP contribution in [0.5, 0.6) is 0 Å². The molecule has 0 aromatic carbocycles. The molecule has 0 saturated heterocycles. The number of aldehydes is 1. The smallest absolute Gasteiger partial charge is 0.252 e. The summed E-state index contributed by atoms with van der Waals surface area (Å²) in [5, 5.41) is 0. The molecular formula is C18H27N3O5. The lowest BCUT2D eigenvalue weighted by molar-refractivity contribution is -0.137. The number of allylic oxidation sites excluding steroid dienone is 2. The van der Waals surface area contributed by atoms with Crippen LogP contribution in [0, 0.1) is 0 Å². The first kappa shape index (κ1) is 23.2. The average molecular weight is 365 g/mol. The number of likely N-dealkylation sites (N-methyl/N-ethyl adjacent to an activating group) is 1. The van der Waals surface area contributed by atoms with Crippen LogP contribution in [0.4, 0.5) is 0 Å². The lowest BCUT2D eigenvalue weighted by Gasteiger charge is -2.27. The second-order valence-corrected chi connectivity index (χ2v) is 5.52. The van der Waals surface area contributed by atoms with Gasteiger partial charge in [-0.25, -0.2) is 0 Å². The number of carbonyl (C=O) groups is 5. The Labute approximate surface area is 154 Å². The molecule has 0 aliphatic heterocycles. The first-order valence-corrected chi connectivity index (χ1v) is 8.44. The summed E-state index contributed by atoms with van der Waals surface area (Å²) in [6, 6.07) is 0. The standard InChI is InChI=1S/C18H27N3O5/c1-4-7-17(25)20(11-10-19(3)16(24)9-6-14-22)12-13-21(15-23)18(26)8-5-2/h5-6,8-9,14-15H,4,7,10-13H2,1-3H3/b8-5-,9-6-. The van der Waals surface area contributed by atoms with Crippen molar-refractivity contribution in [2.75, 3.05) is 33.2 Å². The molecule has 8 heteroatoms. The minimum absolute atomic E-state index is 0.0742. The molecule has 0 aliphatic carbocycles. The maximum Gasteiger partial charge on any atom is 0.252 e. The lowest BCUT2D eigenvalue weighted by Crippen LogP contribution is -2.43. The van der Waals surface area contributed by atoms with E-state index in [1.54, 1.807) is 14.0 Å². The highest BCUT2D eigenvalue weighted by atomic mass is 16.2. The van der Waals surface area contributed by atoms with Gasteiger partial charge in [0.05, 0.1) is 0 Å². The number of nitrogens with zero attached hydrogens (tertiary/aromatic N) is 3. The van der Waals surface area contributed by atoms with Gasteiger partial charge in [-0.05, 0) is 25.5 Å². The molecule has 0 spiro atoms. The maximum absolute atomic E-state index is 12.3. The summed E-state index contributed by atoms with van der Waals surface area (Å²) >= 11 is 0. The Morgan fingerprint density at radius 1 is 0.923 bits per heavy atom. The summed E-state index contributed by atoms with van der Waals surface area (Å²) in [6.07, 6.45) is 7.02. The summed E-state index contributed by atoms with van der Waals surface area (Å²) in [7, 11) is 1.56. The Bertz CT molecular complexity index is 557. The number of carbonyl (C=O) groups excluding carboxylic acids is 5. The highest BCUT2D eigenvalue weighted by molar-refractivity contribution is 5.94. The second-order valence-electron chi connectivity index (χ2n) is 5.52. The van der Waals surface area contributed by atoms with Gasteiger partial charge in [0, 0.05) is 45.7 Å². The molecule has 0 N–H and O–H groups in total. The van der Waals surface area contributed by atoms with E-state index < -0.39 is 5.91 Å². The number of rotatable bonds is 12. The molecule has 0 heterocycles.